The van der Waals surface area contributed by atoms with Gasteiger partial charge in [0, 0.05) is 19.3 Å². The van der Waals surface area contributed by atoms with Gasteiger partial charge in [0.15, 0.2) is 6.10 Å². The number of hydrogen-bond acceptors (Lipinski definition) is 6. The third-order valence-corrected chi connectivity index (χ3v) is 14.7. The third-order valence-electron chi connectivity index (χ3n) is 14.7. The van der Waals surface area contributed by atoms with Crippen LogP contribution in [-0.4, -0.2) is 37.2 Å². The molecule has 0 fully saturated rings. The minimum Gasteiger partial charge on any atom is -0.462 e. The van der Waals surface area contributed by atoms with Gasteiger partial charge in [-0.15, -0.1) is 0 Å². The van der Waals surface area contributed by atoms with Gasteiger partial charge in [-0.25, -0.2) is 0 Å². The molecule has 0 aliphatic carbocycles. The quantitative estimate of drug-likeness (QED) is 0.0261. The fourth-order valence-electron chi connectivity index (χ4n) is 9.62. The van der Waals surface area contributed by atoms with E-state index < -0.39 is 6.10 Å². The molecule has 6 nitrogen and oxygen atoms in total. The van der Waals surface area contributed by atoms with Crippen molar-refractivity contribution < 1.29 is 28.6 Å². The minimum atomic E-state index is -0.804. The van der Waals surface area contributed by atoms with Gasteiger partial charge in [0.1, 0.15) is 13.2 Å². The van der Waals surface area contributed by atoms with Crippen LogP contribution < -0.4 is 0 Å². The topological polar surface area (TPSA) is 78.9 Å². The van der Waals surface area contributed by atoms with Crippen molar-refractivity contribution >= 4 is 17.9 Å². The van der Waals surface area contributed by atoms with Gasteiger partial charge in [0.25, 0.3) is 0 Å². The Balaban J connectivity index is 4.39. The number of esters is 3. The van der Waals surface area contributed by atoms with Gasteiger partial charge in [0.2, 0.25) is 0 Å². The van der Waals surface area contributed by atoms with Crippen molar-refractivity contribution in [1.29, 1.82) is 0 Å². The Hall–Kier alpha value is -4.19. The monoisotopic (exact) mass is 1140 g/mol. The maximum atomic E-state index is 12.9. The maximum Gasteiger partial charge on any atom is 0.306 e. The van der Waals surface area contributed by atoms with Gasteiger partial charge in [0.05, 0.1) is 0 Å². The van der Waals surface area contributed by atoms with Crippen LogP contribution in [0, 0.1) is 0 Å². The summed E-state index contributed by atoms with van der Waals surface area (Å²) in [5.74, 6) is -0.926. The Morgan fingerprint density at radius 3 is 0.768 bits per heavy atom. The molecule has 468 valence electrons. The highest BCUT2D eigenvalue weighted by Gasteiger charge is 2.19. The first-order valence-corrected chi connectivity index (χ1v) is 34.5. The fraction of sp³-hybridized carbons (Fsp3) is 0.697. The molecule has 0 aromatic carbocycles. The molecule has 0 heterocycles. The van der Waals surface area contributed by atoms with Crippen molar-refractivity contribution in [2.75, 3.05) is 13.2 Å². The number of rotatable bonds is 62. The van der Waals surface area contributed by atoms with Crippen molar-refractivity contribution in [2.24, 2.45) is 0 Å². The predicted octanol–water partition coefficient (Wildman–Crippen LogP) is 23.9. The van der Waals surface area contributed by atoms with Crippen LogP contribution in [0.4, 0.5) is 0 Å². The van der Waals surface area contributed by atoms with Crippen LogP contribution in [0.15, 0.2) is 122 Å². The number of hydrogen-bond donors (Lipinski definition) is 0. The molecule has 0 aromatic rings. The molecular formula is C76H128O6. The summed E-state index contributed by atoms with van der Waals surface area (Å²) in [5, 5.41) is 0. The van der Waals surface area contributed by atoms with Crippen LogP contribution >= 0.6 is 0 Å². The average Bonchev–Trinajstić information content (AvgIpc) is 3.47. The fourth-order valence-corrected chi connectivity index (χ4v) is 9.62. The first kappa shape index (κ1) is 77.8. The lowest BCUT2D eigenvalue weighted by Gasteiger charge is -2.18. The SMILES string of the molecule is CC/C=C\C/C=C\C/C=C\C/C=C\C/C=C\C/C=C\CCCCC(=O)OC(COC(=O)CCCCCCCCCCCCCCCC/C=C\C/C=C\C/C=C\C/C=C\CC)COC(=O)CCCCCCCCCCCCCCCCCC. The van der Waals surface area contributed by atoms with Crippen LogP contribution in [0.2, 0.25) is 0 Å². The molecular weight excluding hydrogens is 1010 g/mol. The zero-order chi connectivity index (χ0) is 59.2. The smallest absolute Gasteiger partial charge is 0.306 e. The van der Waals surface area contributed by atoms with Crippen molar-refractivity contribution in [3.05, 3.63) is 122 Å². The minimum absolute atomic E-state index is 0.0942. The second-order valence-corrected chi connectivity index (χ2v) is 22.7. The van der Waals surface area contributed by atoms with E-state index in [0.29, 0.717) is 19.3 Å². The van der Waals surface area contributed by atoms with Gasteiger partial charge in [-0.2, -0.15) is 0 Å². The molecule has 0 aromatic heterocycles. The summed E-state index contributed by atoms with van der Waals surface area (Å²) >= 11 is 0. The lowest BCUT2D eigenvalue weighted by molar-refractivity contribution is -0.167. The Kier molecular flexibility index (Phi) is 65.8. The first-order valence-electron chi connectivity index (χ1n) is 34.5. The summed E-state index contributed by atoms with van der Waals surface area (Å²) in [5.41, 5.74) is 0. The standard InChI is InChI=1S/C76H128O6/c1-4-7-10-13-16-19-22-25-28-31-33-35-36-37-38-39-40-42-43-45-48-51-54-57-60-63-66-69-75(78)81-72-73(71-80-74(77)68-65-62-59-56-53-50-47-30-27-24-21-18-15-12-9-6-3)82-76(79)70-67-64-61-58-55-52-49-46-44-41-34-32-29-26-23-20-17-14-11-8-5-2/h7-8,10-11,16-17,19-20,25-26,28-29,33-35,41,46,49,55,58,73H,4-6,9,12-15,18,21-24,27,30-32,36-40,42-45,47-48,50-54,56-57,59-72H2,1-3H3/b10-7-,11-8-,19-16-,20-17-,28-25-,29-26-,35-33-,41-34-,49-46-,58-55-. The van der Waals surface area contributed by atoms with Crippen molar-refractivity contribution in [3.8, 4) is 0 Å². The van der Waals surface area contributed by atoms with Crippen LogP contribution in [0.5, 0.6) is 0 Å². The molecule has 82 heavy (non-hydrogen) atoms. The number of allylic oxidation sites excluding steroid dienone is 20. The number of ether oxygens (including phenoxy) is 3. The summed E-state index contributed by atoms with van der Waals surface area (Å²) in [7, 11) is 0. The molecule has 1 unspecified atom stereocenters. The van der Waals surface area contributed by atoms with E-state index in [9.17, 15) is 14.4 Å². The molecule has 0 bridgehead atoms. The van der Waals surface area contributed by atoms with Crippen molar-refractivity contribution in [1.82, 2.24) is 0 Å². The zero-order valence-corrected chi connectivity index (χ0v) is 53.7. The van der Waals surface area contributed by atoms with Crippen LogP contribution in [-0.2, 0) is 28.6 Å². The van der Waals surface area contributed by atoms with E-state index >= 15 is 0 Å². The Bertz CT molecular complexity index is 1690. The van der Waals surface area contributed by atoms with Gasteiger partial charge in [-0.3, -0.25) is 14.4 Å². The Labute approximate surface area is 507 Å². The highest BCUT2D eigenvalue weighted by Crippen LogP contribution is 2.17. The first-order chi connectivity index (χ1) is 40.5. The molecule has 0 rings (SSSR count). The lowest BCUT2D eigenvalue weighted by Crippen LogP contribution is -2.30. The second kappa shape index (κ2) is 69.3. The molecule has 0 spiro atoms. The maximum absolute atomic E-state index is 12.9. The van der Waals surface area contributed by atoms with Gasteiger partial charge in [-0.1, -0.05) is 316 Å². The summed E-state index contributed by atoms with van der Waals surface area (Å²) in [6, 6.07) is 0. The van der Waals surface area contributed by atoms with E-state index in [1.807, 2.05) is 0 Å². The molecule has 0 amide bonds. The molecule has 0 radical (unpaired) electrons. The summed E-state index contributed by atoms with van der Waals surface area (Å²) in [4.78, 5) is 38.4. The second-order valence-electron chi connectivity index (χ2n) is 22.7. The molecule has 0 N–H and O–H groups in total. The van der Waals surface area contributed by atoms with Crippen molar-refractivity contribution in [2.45, 2.75) is 329 Å². The largest absolute Gasteiger partial charge is 0.462 e. The predicted molar refractivity (Wildman–Crippen MR) is 357 cm³/mol. The molecule has 1 atom stereocenters. The van der Waals surface area contributed by atoms with E-state index in [1.54, 1.807) is 0 Å². The third kappa shape index (κ3) is 66.6. The van der Waals surface area contributed by atoms with E-state index in [0.717, 1.165) is 116 Å². The number of unbranched alkanes of at least 4 members (excludes halogenated alkanes) is 31. The van der Waals surface area contributed by atoms with Gasteiger partial charge >= 0.3 is 17.9 Å². The van der Waals surface area contributed by atoms with Gasteiger partial charge in [-0.05, 0) is 109 Å². The highest BCUT2D eigenvalue weighted by molar-refractivity contribution is 5.71. The summed E-state index contributed by atoms with van der Waals surface area (Å²) < 4.78 is 16.9. The average molecular weight is 1140 g/mol. The highest BCUT2D eigenvalue weighted by atomic mass is 16.6. The number of carbonyl (C=O) groups excluding carboxylic acids is 3. The molecule has 0 aliphatic heterocycles. The molecule has 0 aliphatic rings. The molecule has 6 heteroatoms. The molecule has 0 saturated heterocycles. The van der Waals surface area contributed by atoms with Crippen LogP contribution in [0.25, 0.3) is 0 Å². The summed E-state index contributed by atoms with van der Waals surface area (Å²) in [6.07, 6.45) is 96.5. The van der Waals surface area contributed by atoms with E-state index in [-0.39, 0.29) is 37.5 Å². The Morgan fingerprint density at radius 1 is 0.256 bits per heavy atom. The molecule has 0 saturated carbocycles. The van der Waals surface area contributed by atoms with Crippen LogP contribution in [0.1, 0.15) is 323 Å². The van der Waals surface area contributed by atoms with E-state index in [2.05, 4.69) is 142 Å². The van der Waals surface area contributed by atoms with Crippen LogP contribution in [0.3, 0.4) is 0 Å². The van der Waals surface area contributed by atoms with Gasteiger partial charge < -0.3 is 14.2 Å². The number of carbonyl (C=O) groups is 3. The normalized spacial score (nSPS) is 12.9. The van der Waals surface area contributed by atoms with E-state index in [4.69, 9.17) is 14.2 Å². The zero-order valence-electron chi connectivity index (χ0n) is 53.7. The van der Waals surface area contributed by atoms with E-state index in [1.165, 1.54) is 161 Å². The summed E-state index contributed by atoms with van der Waals surface area (Å²) in [6.45, 7) is 6.41. The lowest BCUT2D eigenvalue weighted by atomic mass is 10.0. The Morgan fingerprint density at radius 2 is 0.476 bits per heavy atom. The van der Waals surface area contributed by atoms with Crippen molar-refractivity contribution in [3.63, 3.8) is 0 Å².